The lowest BCUT2D eigenvalue weighted by molar-refractivity contribution is -0.124. The maximum Gasteiger partial charge on any atom is 0.330 e. The number of nitrogens with zero attached hydrogens (tertiary/aromatic N) is 2. The second kappa shape index (κ2) is 9.19. The summed E-state index contributed by atoms with van der Waals surface area (Å²) in [5.41, 5.74) is 5.76. The number of benzene rings is 1. The number of hydrogen-bond acceptors (Lipinski definition) is 5. The highest BCUT2D eigenvalue weighted by molar-refractivity contribution is 5.97. The first-order valence-corrected chi connectivity index (χ1v) is 10.1. The predicted octanol–water partition coefficient (Wildman–Crippen LogP) is 2.65. The second-order valence-corrected chi connectivity index (χ2v) is 8.43. The summed E-state index contributed by atoms with van der Waals surface area (Å²) in [5.74, 6) is 0.0792. The largest absolute Gasteiger partial charge is 0.481 e. The molecule has 0 aliphatic rings. The summed E-state index contributed by atoms with van der Waals surface area (Å²) >= 11 is 0. The zero-order valence-corrected chi connectivity index (χ0v) is 18.6. The Morgan fingerprint density at radius 1 is 1.30 bits per heavy atom. The summed E-state index contributed by atoms with van der Waals surface area (Å²) in [4.78, 5) is 40.8. The van der Waals surface area contributed by atoms with E-state index < -0.39 is 23.3 Å². The summed E-state index contributed by atoms with van der Waals surface area (Å²) in [6.07, 6.45) is 0.713. The van der Waals surface area contributed by atoms with Gasteiger partial charge in [0.2, 0.25) is 0 Å². The maximum absolute atomic E-state index is 12.9. The van der Waals surface area contributed by atoms with E-state index in [-0.39, 0.29) is 16.9 Å². The van der Waals surface area contributed by atoms with E-state index in [1.165, 1.54) is 11.6 Å². The molecule has 0 saturated carbocycles. The first-order chi connectivity index (χ1) is 14.0. The number of aromatic nitrogens is 2. The van der Waals surface area contributed by atoms with Crippen molar-refractivity contribution in [3.05, 3.63) is 50.7 Å². The number of nitrogens with two attached hydrogens (primary N) is 1. The van der Waals surface area contributed by atoms with E-state index in [1.54, 1.807) is 13.0 Å². The van der Waals surface area contributed by atoms with Gasteiger partial charge in [0.15, 0.2) is 11.8 Å². The van der Waals surface area contributed by atoms with Crippen LogP contribution < -0.4 is 26.6 Å². The van der Waals surface area contributed by atoms with E-state index in [9.17, 15) is 14.4 Å². The van der Waals surface area contributed by atoms with Gasteiger partial charge < -0.3 is 15.4 Å². The first kappa shape index (κ1) is 23.3. The maximum atomic E-state index is 12.9. The van der Waals surface area contributed by atoms with Crippen molar-refractivity contribution in [3.8, 4) is 5.75 Å². The fourth-order valence-electron chi connectivity index (χ4n) is 3.11. The smallest absolute Gasteiger partial charge is 0.330 e. The van der Waals surface area contributed by atoms with Crippen LogP contribution in [0.15, 0.2) is 33.9 Å². The van der Waals surface area contributed by atoms with Gasteiger partial charge in [-0.15, -0.1) is 0 Å². The van der Waals surface area contributed by atoms with Gasteiger partial charge in [0.05, 0.1) is 0 Å². The number of anilines is 2. The molecule has 0 saturated heterocycles. The van der Waals surface area contributed by atoms with Crippen LogP contribution in [0.4, 0.5) is 11.5 Å². The lowest BCUT2D eigenvalue weighted by atomic mass is 9.87. The molecule has 0 aliphatic carbocycles. The van der Waals surface area contributed by atoms with Gasteiger partial charge in [0, 0.05) is 13.6 Å². The Hall–Kier alpha value is -3.03. The van der Waals surface area contributed by atoms with Crippen LogP contribution in [0.25, 0.3) is 0 Å². The van der Waals surface area contributed by atoms with Crippen molar-refractivity contribution in [2.75, 3.05) is 17.7 Å². The molecule has 1 aromatic carbocycles. The molecule has 30 heavy (non-hydrogen) atoms. The van der Waals surface area contributed by atoms with E-state index in [1.807, 2.05) is 25.1 Å². The van der Waals surface area contributed by atoms with Crippen molar-refractivity contribution in [1.82, 2.24) is 9.55 Å². The van der Waals surface area contributed by atoms with Gasteiger partial charge in [-0.3, -0.25) is 19.1 Å². The number of carbonyl (C=O) groups excluding carboxylic acids is 1. The normalized spacial score (nSPS) is 12.5. The van der Waals surface area contributed by atoms with Gasteiger partial charge in [0.25, 0.3) is 11.5 Å². The number of hydrogen-bond donors (Lipinski definition) is 2. The van der Waals surface area contributed by atoms with Crippen molar-refractivity contribution in [1.29, 1.82) is 0 Å². The first-order valence-electron chi connectivity index (χ1n) is 10.1. The molecule has 8 nitrogen and oxygen atoms in total. The molecule has 1 heterocycles. The summed E-state index contributed by atoms with van der Waals surface area (Å²) in [6.45, 7) is 10.2. The van der Waals surface area contributed by atoms with E-state index in [4.69, 9.17) is 10.5 Å². The minimum absolute atomic E-state index is 0.0324. The predicted molar refractivity (Wildman–Crippen MR) is 119 cm³/mol. The molecule has 0 unspecified atom stereocenters. The average molecular weight is 417 g/mol. The van der Waals surface area contributed by atoms with Crippen LogP contribution in [0.5, 0.6) is 5.75 Å². The van der Waals surface area contributed by atoms with E-state index in [2.05, 4.69) is 25.8 Å². The Kier molecular flexibility index (Phi) is 7.12. The van der Waals surface area contributed by atoms with Crippen molar-refractivity contribution >= 4 is 17.4 Å². The van der Waals surface area contributed by atoms with Crippen molar-refractivity contribution in [3.63, 3.8) is 0 Å². The molecule has 1 aromatic heterocycles. The monoisotopic (exact) mass is 416 g/mol. The van der Waals surface area contributed by atoms with Gasteiger partial charge in [-0.25, -0.2) is 4.79 Å². The van der Waals surface area contributed by atoms with Gasteiger partial charge in [-0.05, 0) is 36.5 Å². The second-order valence-electron chi connectivity index (χ2n) is 8.43. The number of unbranched alkanes of at least 4 members (excludes halogenated alkanes) is 1. The fourth-order valence-corrected chi connectivity index (χ4v) is 3.11. The highest BCUT2D eigenvalue weighted by Gasteiger charge is 2.26. The molecule has 0 bridgehead atoms. The number of H-pyrrole nitrogens is 1. The number of rotatable bonds is 7. The molecular weight excluding hydrogens is 384 g/mol. The van der Waals surface area contributed by atoms with E-state index >= 15 is 0 Å². The lowest BCUT2D eigenvalue weighted by Gasteiger charge is -2.24. The third-order valence-electron chi connectivity index (χ3n) is 4.98. The minimum Gasteiger partial charge on any atom is -0.481 e. The molecule has 0 aliphatic heterocycles. The third kappa shape index (κ3) is 5.11. The highest BCUT2D eigenvalue weighted by atomic mass is 16.5. The molecule has 2 rings (SSSR count). The number of amides is 1. The Morgan fingerprint density at radius 2 is 1.97 bits per heavy atom. The van der Waals surface area contributed by atoms with Crippen molar-refractivity contribution in [2.45, 2.75) is 65.5 Å². The molecule has 3 N–H and O–H groups in total. The van der Waals surface area contributed by atoms with Gasteiger partial charge in [-0.2, -0.15) is 0 Å². The van der Waals surface area contributed by atoms with Gasteiger partial charge >= 0.3 is 5.69 Å². The SMILES string of the molecule is CCCCn1c(N)c(N(C)C(=O)[C@@H](C)Oc2cccc(C(C)(C)C)c2)c(=O)[nH]c1=O. The van der Waals surface area contributed by atoms with Crippen LogP contribution >= 0.6 is 0 Å². The number of likely N-dealkylation sites (N-methyl/N-ethyl adjacent to an activating group) is 1. The fraction of sp³-hybridized carbons (Fsp3) is 0.500. The Bertz CT molecular complexity index is 1020. The van der Waals surface area contributed by atoms with Crippen molar-refractivity contribution < 1.29 is 9.53 Å². The number of nitrogens with one attached hydrogen (secondary N) is 1. The van der Waals surface area contributed by atoms with Crippen molar-refractivity contribution in [2.24, 2.45) is 0 Å². The van der Waals surface area contributed by atoms with Gasteiger partial charge in [0.1, 0.15) is 11.6 Å². The molecule has 1 amide bonds. The molecule has 0 radical (unpaired) electrons. The molecule has 0 fully saturated rings. The summed E-state index contributed by atoms with van der Waals surface area (Å²) < 4.78 is 7.12. The summed E-state index contributed by atoms with van der Waals surface area (Å²) in [7, 11) is 1.45. The standard InChI is InChI=1S/C22H32N4O4/c1-7-8-12-26-18(23)17(19(27)24-21(26)29)25(6)20(28)14(2)30-16-11-9-10-15(13-16)22(3,4)5/h9-11,13-14H,7-8,12,23H2,1-6H3,(H,24,27,29)/t14-/m1/s1. The molecule has 2 aromatic rings. The highest BCUT2D eigenvalue weighted by Crippen LogP contribution is 2.26. The van der Waals surface area contributed by atoms with Crippen LogP contribution in [0.2, 0.25) is 0 Å². The lowest BCUT2D eigenvalue weighted by Crippen LogP contribution is -2.43. The van der Waals surface area contributed by atoms with Gasteiger partial charge in [-0.1, -0.05) is 46.2 Å². The molecule has 8 heteroatoms. The number of ether oxygens (including phenoxy) is 1. The Morgan fingerprint density at radius 3 is 2.57 bits per heavy atom. The third-order valence-corrected chi connectivity index (χ3v) is 4.98. The van der Waals surface area contributed by atoms with Crippen LogP contribution in [0, 0.1) is 0 Å². The number of aromatic amines is 1. The molecule has 164 valence electrons. The van der Waals surface area contributed by atoms with Crippen LogP contribution in [0.3, 0.4) is 0 Å². The molecule has 1 atom stereocenters. The molecular formula is C22H32N4O4. The van der Waals surface area contributed by atoms with Crippen LogP contribution in [-0.2, 0) is 16.8 Å². The zero-order chi connectivity index (χ0) is 22.6. The van der Waals surface area contributed by atoms with Crippen LogP contribution in [-0.4, -0.2) is 28.6 Å². The number of nitrogen functional groups attached to an aromatic ring is 1. The summed E-state index contributed by atoms with van der Waals surface area (Å²) in [6, 6.07) is 7.56. The Labute approximate surface area is 176 Å². The average Bonchev–Trinajstić information content (AvgIpc) is 2.66. The quantitative estimate of drug-likeness (QED) is 0.721. The topological polar surface area (TPSA) is 110 Å². The molecule has 0 spiro atoms. The summed E-state index contributed by atoms with van der Waals surface area (Å²) in [5, 5.41) is 0. The van der Waals surface area contributed by atoms with E-state index in [0.717, 1.165) is 23.3 Å². The van der Waals surface area contributed by atoms with E-state index in [0.29, 0.717) is 12.3 Å². The zero-order valence-electron chi connectivity index (χ0n) is 18.6. The number of carbonyl (C=O) groups is 1. The Balaban J connectivity index is 2.29. The van der Waals surface area contributed by atoms with Crippen LogP contribution in [0.1, 0.15) is 53.0 Å². The minimum atomic E-state index is -0.861.